The number of nitrogens with zero attached hydrogens (tertiary/aromatic N) is 3. The number of hydrogen-bond donors (Lipinski definition) is 0. The van der Waals surface area contributed by atoms with Gasteiger partial charge in [-0.15, -0.1) is 11.3 Å². The van der Waals surface area contributed by atoms with Gasteiger partial charge in [0.2, 0.25) is 0 Å². The molecule has 0 unspecified atom stereocenters. The summed E-state index contributed by atoms with van der Waals surface area (Å²) in [6, 6.07) is 58.2. The standard InChI is InChI=1S/C45H27N3S/c1-2-11-29(12-3-1)43-46-44(33-21-23-42-39(26-33)38-16-8-9-17-41(38)49-42)48-45(47-43)40-27-34(25-31-13-5-7-15-36(31)40)30-20-22-37-32(24-30)19-18-28-10-4-6-14-35(28)37/h1-27H. The van der Waals surface area contributed by atoms with E-state index in [4.69, 9.17) is 15.0 Å². The second kappa shape index (κ2) is 11.2. The Balaban J connectivity index is 1.19. The molecule has 0 N–H and O–H groups in total. The molecule has 4 heteroatoms. The van der Waals surface area contributed by atoms with Crippen LogP contribution in [0, 0.1) is 0 Å². The Hall–Kier alpha value is -6.23. The molecular formula is C45H27N3S. The van der Waals surface area contributed by atoms with Crippen LogP contribution < -0.4 is 0 Å². The van der Waals surface area contributed by atoms with Crippen molar-refractivity contribution in [3.05, 3.63) is 164 Å². The lowest BCUT2D eigenvalue weighted by atomic mass is 9.94. The number of fused-ring (bicyclic) bond motifs is 7. The van der Waals surface area contributed by atoms with E-state index in [1.165, 1.54) is 41.7 Å². The van der Waals surface area contributed by atoms with Gasteiger partial charge in [-0.05, 0) is 85.9 Å². The van der Waals surface area contributed by atoms with Crippen LogP contribution in [-0.4, -0.2) is 15.0 Å². The normalized spacial score (nSPS) is 11.7. The molecule has 3 nitrogen and oxygen atoms in total. The van der Waals surface area contributed by atoms with Gasteiger partial charge in [0.15, 0.2) is 17.5 Å². The maximum atomic E-state index is 5.22. The summed E-state index contributed by atoms with van der Waals surface area (Å²) in [5, 5.41) is 9.72. The average molecular weight is 642 g/mol. The van der Waals surface area contributed by atoms with Gasteiger partial charge < -0.3 is 0 Å². The second-order valence-electron chi connectivity index (χ2n) is 12.4. The first-order chi connectivity index (χ1) is 24.2. The first-order valence-corrected chi connectivity index (χ1v) is 17.3. The molecule has 49 heavy (non-hydrogen) atoms. The van der Waals surface area contributed by atoms with Gasteiger partial charge in [-0.2, -0.15) is 0 Å². The Labute approximate surface area is 286 Å². The minimum Gasteiger partial charge on any atom is -0.208 e. The van der Waals surface area contributed by atoms with E-state index >= 15 is 0 Å². The Kier molecular flexibility index (Phi) is 6.36. The van der Waals surface area contributed by atoms with Gasteiger partial charge in [-0.3, -0.25) is 0 Å². The summed E-state index contributed by atoms with van der Waals surface area (Å²) >= 11 is 1.81. The molecule has 2 aromatic heterocycles. The van der Waals surface area contributed by atoms with Gasteiger partial charge in [0.1, 0.15) is 0 Å². The topological polar surface area (TPSA) is 38.7 Å². The molecular weight excluding hydrogens is 615 g/mol. The number of benzene rings is 8. The molecule has 2 heterocycles. The van der Waals surface area contributed by atoms with Gasteiger partial charge >= 0.3 is 0 Å². The lowest BCUT2D eigenvalue weighted by Crippen LogP contribution is -2.01. The number of thiophene rings is 1. The van der Waals surface area contributed by atoms with Crippen molar-refractivity contribution in [3.8, 4) is 45.3 Å². The van der Waals surface area contributed by atoms with E-state index in [1.807, 2.05) is 29.5 Å². The quantitative estimate of drug-likeness (QED) is 0.180. The third-order valence-electron chi connectivity index (χ3n) is 9.48. The van der Waals surface area contributed by atoms with Crippen molar-refractivity contribution in [2.45, 2.75) is 0 Å². The van der Waals surface area contributed by atoms with Crippen LogP contribution in [0.25, 0.3) is 97.8 Å². The molecule has 0 bridgehead atoms. The summed E-state index contributed by atoms with van der Waals surface area (Å²) in [6.45, 7) is 0. The molecule has 0 amide bonds. The summed E-state index contributed by atoms with van der Waals surface area (Å²) < 4.78 is 2.53. The Morgan fingerprint density at radius 3 is 1.78 bits per heavy atom. The smallest absolute Gasteiger partial charge is 0.164 e. The zero-order valence-corrected chi connectivity index (χ0v) is 27.2. The SMILES string of the molecule is c1ccc(-c2nc(-c3ccc4sc5ccccc5c4c3)nc(-c3cc(-c4ccc5c(ccc6ccccc65)c4)cc4ccccc34)n2)cc1. The summed E-state index contributed by atoms with van der Waals surface area (Å²) in [5.41, 5.74) is 5.19. The van der Waals surface area contributed by atoms with Crippen molar-refractivity contribution in [3.63, 3.8) is 0 Å². The van der Waals surface area contributed by atoms with Crippen LogP contribution in [0.4, 0.5) is 0 Å². The summed E-state index contributed by atoms with van der Waals surface area (Å²) in [7, 11) is 0. The Morgan fingerprint density at radius 2 is 0.898 bits per heavy atom. The minimum atomic E-state index is 0.656. The van der Waals surface area contributed by atoms with Crippen molar-refractivity contribution in [2.24, 2.45) is 0 Å². The van der Waals surface area contributed by atoms with E-state index in [0.717, 1.165) is 38.6 Å². The predicted octanol–water partition coefficient (Wildman–Crippen LogP) is 12.4. The molecule has 0 radical (unpaired) electrons. The predicted molar refractivity (Wildman–Crippen MR) is 207 cm³/mol. The molecule has 0 aliphatic rings. The molecule has 0 saturated carbocycles. The first kappa shape index (κ1) is 27.8. The fourth-order valence-corrected chi connectivity index (χ4v) is 8.15. The van der Waals surface area contributed by atoms with E-state index in [-0.39, 0.29) is 0 Å². The zero-order valence-electron chi connectivity index (χ0n) is 26.3. The van der Waals surface area contributed by atoms with Crippen LogP contribution in [0.1, 0.15) is 0 Å². The maximum absolute atomic E-state index is 5.22. The van der Waals surface area contributed by atoms with Crippen LogP contribution in [0.15, 0.2) is 164 Å². The van der Waals surface area contributed by atoms with Crippen molar-refractivity contribution >= 4 is 63.8 Å². The van der Waals surface area contributed by atoms with Gasteiger partial charge in [-0.1, -0.05) is 121 Å². The van der Waals surface area contributed by atoms with E-state index in [9.17, 15) is 0 Å². The first-order valence-electron chi connectivity index (χ1n) is 16.4. The van der Waals surface area contributed by atoms with Crippen LogP contribution in [0.5, 0.6) is 0 Å². The van der Waals surface area contributed by atoms with E-state index in [2.05, 4.69) is 146 Å². The fraction of sp³-hybridized carbons (Fsp3) is 0. The molecule has 0 aliphatic heterocycles. The van der Waals surface area contributed by atoms with E-state index < -0.39 is 0 Å². The van der Waals surface area contributed by atoms with Gasteiger partial charge in [0.25, 0.3) is 0 Å². The van der Waals surface area contributed by atoms with Gasteiger partial charge in [-0.25, -0.2) is 15.0 Å². The highest BCUT2D eigenvalue weighted by Gasteiger charge is 2.17. The van der Waals surface area contributed by atoms with Crippen LogP contribution in [0.2, 0.25) is 0 Å². The monoisotopic (exact) mass is 641 g/mol. The molecule has 0 aliphatic carbocycles. The van der Waals surface area contributed by atoms with Crippen LogP contribution in [0.3, 0.4) is 0 Å². The highest BCUT2D eigenvalue weighted by atomic mass is 32.1. The third-order valence-corrected chi connectivity index (χ3v) is 10.6. The largest absolute Gasteiger partial charge is 0.208 e. The van der Waals surface area contributed by atoms with Crippen molar-refractivity contribution in [1.82, 2.24) is 15.0 Å². The number of hydrogen-bond acceptors (Lipinski definition) is 4. The zero-order chi connectivity index (χ0) is 32.3. The molecule has 10 aromatic rings. The molecule has 228 valence electrons. The van der Waals surface area contributed by atoms with Gasteiger partial charge in [0, 0.05) is 36.9 Å². The summed E-state index contributed by atoms with van der Waals surface area (Å²) in [4.78, 5) is 15.4. The fourth-order valence-electron chi connectivity index (χ4n) is 7.06. The van der Waals surface area contributed by atoms with Crippen LogP contribution in [-0.2, 0) is 0 Å². The molecule has 8 aromatic carbocycles. The van der Waals surface area contributed by atoms with Crippen molar-refractivity contribution in [1.29, 1.82) is 0 Å². The maximum Gasteiger partial charge on any atom is 0.164 e. The Morgan fingerprint density at radius 1 is 0.306 bits per heavy atom. The average Bonchev–Trinajstić information content (AvgIpc) is 3.55. The summed E-state index contributed by atoms with van der Waals surface area (Å²) in [6.07, 6.45) is 0. The lowest BCUT2D eigenvalue weighted by molar-refractivity contribution is 1.08. The highest BCUT2D eigenvalue weighted by molar-refractivity contribution is 7.25. The number of aromatic nitrogens is 3. The minimum absolute atomic E-state index is 0.656. The molecule has 0 atom stereocenters. The number of rotatable bonds is 4. The van der Waals surface area contributed by atoms with Crippen molar-refractivity contribution < 1.29 is 0 Å². The van der Waals surface area contributed by atoms with E-state index in [1.54, 1.807) is 0 Å². The van der Waals surface area contributed by atoms with Crippen LogP contribution >= 0.6 is 11.3 Å². The van der Waals surface area contributed by atoms with E-state index in [0.29, 0.717) is 17.5 Å². The molecule has 0 fully saturated rings. The van der Waals surface area contributed by atoms with Crippen molar-refractivity contribution in [2.75, 3.05) is 0 Å². The molecule has 0 spiro atoms. The molecule has 10 rings (SSSR count). The Bertz CT molecular complexity index is 2890. The molecule has 0 saturated heterocycles. The summed E-state index contributed by atoms with van der Waals surface area (Å²) in [5.74, 6) is 1.97. The lowest BCUT2D eigenvalue weighted by Gasteiger charge is -2.13. The van der Waals surface area contributed by atoms with Gasteiger partial charge in [0.05, 0.1) is 0 Å². The highest BCUT2D eigenvalue weighted by Crippen LogP contribution is 2.38. The second-order valence-corrected chi connectivity index (χ2v) is 13.5. The third kappa shape index (κ3) is 4.76.